The smallest absolute Gasteiger partial charge is 0.350 e. The molecule has 0 spiro atoms. The van der Waals surface area contributed by atoms with Gasteiger partial charge in [0.2, 0.25) is 0 Å². The van der Waals surface area contributed by atoms with Gasteiger partial charge in [0.05, 0.1) is 37.6 Å². The lowest BCUT2D eigenvalue weighted by molar-refractivity contribution is -0.0206. The van der Waals surface area contributed by atoms with Crippen LogP contribution in [0.25, 0.3) is 5.69 Å². The summed E-state index contributed by atoms with van der Waals surface area (Å²) in [5.74, 6) is -0.563. The van der Waals surface area contributed by atoms with Gasteiger partial charge in [0.1, 0.15) is 42.0 Å². The molecule has 5 aromatic rings. The van der Waals surface area contributed by atoms with Gasteiger partial charge in [0.15, 0.2) is 0 Å². The van der Waals surface area contributed by atoms with Crippen molar-refractivity contribution >= 4 is 11.4 Å². The Labute approximate surface area is 294 Å². The third kappa shape index (κ3) is 7.24. The second kappa shape index (κ2) is 14.6. The van der Waals surface area contributed by atoms with Gasteiger partial charge in [-0.2, -0.15) is 10.2 Å². The Balaban J connectivity index is 0.923. The normalized spacial score (nSPS) is 20.5. The highest BCUT2D eigenvalue weighted by molar-refractivity contribution is 5.54. The molecule has 2 aliphatic heterocycles. The molecule has 12 nitrogen and oxygen atoms in total. The zero-order chi connectivity index (χ0) is 35.5. The Kier molecular flexibility index (Phi) is 9.87. The first-order chi connectivity index (χ1) is 24.7. The van der Waals surface area contributed by atoms with E-state index in [0.29, 0.717) is 31.6 Å². The number of anilines is 2. The molecule has 4 atom stereocenters. The highest BCUT2D eigenvalue weighted by atomic mass is 19.1. The summed E-state index contributed by atoms with van der Waals surface area (Å²) in [6.07, 6.45) is 4.88. The molecule has 14 heteroatoms. The van der Waals surface area contributed by atoms with Crippen LogP contribution in [0.3, 0.4) is 0 Å². The maximum atomic E-state index is 15.0. The number of nitrogens with zero attached hydrogens (tertiary/aromatic N) is 8. The van der Waals surface area contributed by atoms with Crippen molar-refractivity contribution in [3.63, 3.8) is 0 Å². The number of hydrogen-bond donors (Lipinski definition) is 1. The fourth-order valence-electron chi connectivity index (χ4n) is 7.24. The summed E-state index contributed by atoms with van der Waals surface area (Å²) in [5, 5.41) is 18.5. The molecule has 0 saturated carbocycles. The summed E-state index contributed by atoms with van der Waals surface area (Å²) >= 11 is 0. The molecule has 2 aliphatic rings. The fraction of sp³-hybridized carbons (Fsp3) is 0.405. The maximum absolute atomic E-state index is 15.0. The van der Waals surface area contributed by atoms with Crippen LogP contribution in [0.15, 0.2) is 90.5 Å². The van der Waals surface area contributed by atoms with Gasteiger partial charge in [-0.25, -0.2) is 32.5 Å². The van der Waals surface area contributed by atoms with Gasteiger partial charge in [0.25, 0.3) is 0 Å². The molecule has 3 aromatic carbocycles. The Morgan fingerprint density at radius 3 is 2.22 bits per heavy atom. The molecule has 2 unspecified atom stereocenters. The summed E-state index contributed by atoms with van der Waals surface area (Å²) in [6, 6.07) is 19.2. The number of aliphatic hydroxyl groups excluding tert-OH is 1. The Morgan fingerprint density at radius 1 is 0.941 bits per heavy atom. The SMILES string of the molecule is CCC(C(C)O)n1ncn(-c2ccc(N3CCN(c4ccc(OC[C@@H]5CO[C@@](Cn6cncn6)(c6ccc(F)cc6F)C5)cc4)CC3)cc2)c1=O. The summed E-state index contributed by atoms with van der Waals surface area (Å²) in [4.78, 5) is 21.7. The van der Waals surface area contributed by atoms with Gasteiger partial charge in [-0.1, -0.05) is 13.0 Å². The molecule has 0 radical (unpaired) electrons. The van der Waals surface area contributed by atoms with Crippen LogP contribution in [0.1, 0.15) is 38.3 Å². The summed E-state index contributed by atoms with van der Waals surface area (Å²) in [7, 11) is 0. The van der Waals surface area contributed by atoms with E-state index in [-0.39, 0.29) is 24.2 Å². The van der Waals surface area contributed by atoms with E-state index in [2.05, 4.69) is 37.1 Å². The molecular formula is C37H42F2N8O4. The van der Waals surface area contributed by atoms with E-state index in [9.17, 15) is 18.7 Å². The largest absolute Gasteiger partial charge is 0.493 e. The first kappa shape index (κ1) is 34.4. The quantitative estimate of drug-likeness (QED) is 0.200. The average molecular weight is 701 g/mol. The van der Waals surface area contributed by atoms with E-state index in [1.54, 1.807) is 17.9 Å². The number of piperazine rings is 1. The van der Waals surface area contributed by atoms with E-state index in [4.69, 9.17) is 9.47 Å². The highest BCUT2D eigenvalue weighted by Crippen LogP contribution is 2.42. The van der Waals surface area contributed by atoms with Crippen LogP contribution in [0.5, 0.6) is 5.75 Å². The van der Waals surface area contributed by atoms with Gasteiger partial charge in [-0.05, 0) is 74.4 Å². The topological polar surface area (TPSA) is 116 Å². The van der Waals surface area contributed by atoms with E-state index >= 15 is 0 Å². The van der Waals surface area contributed by atoms with Crippen molar-refractivity contribution in [3.05, 3.63) is 113 Å². The molecule has 4 heterocycles. The van der Waals surface area contributed by atoms with Crippen LogP contribution in [0.2, 0.25) is 0 Å². The average Bonchev–Trinajstić information content (AvgIpc) is 3.90. The van der Waals surface area contributed by atoms with Crippen molar-refractivity contribution in [2.45, 2.75) is 51.0 Å². The predicted octanol–water partition coefficient (Wildman–Crippen LogP) is 4.57. The van der Waals surface area contributed by atoms with Gasteiger partial charge >= 0.3 is 5.69 Å². The zero-order valence-corrected chi connectivity index (χ0v) is 28.7. The van der Waals surface area contributed by atoms with Crippen LogP contribution in [-0.4, -0.2) is 79.7 Å². The number of benzene rings is 3. The molecule has 268 valence electrons. The van der Waals surface area contributed by atoms with Crippen LogP contribution in [0.4, 0.5) is 20.2 Å². The number of halogens is 2. The van der Waals surface area contributed by atoms with Crippen molar-refractivity contribution in [2.24, 2.45) is 5.92 Å². The molecule has 2 saturated heterocycles. The lowest BCUT2D eigenvalue weighted by Gasteiger charge is -2.37. The van der Waals surface area contributed by atoms with Crippen LogP contribution >= 0.6 is 0 Å². The van der Waals surface area contributed by atoms with Crippen LogP contribution in [-0.2, 0) is 16.9 Å². The van der Waals surface area contributed by atoms with Gasteiger partial charge < -0.3 is 24.4 Å². The lowest BCUT2D eigenvalue weighted by Crippen LogP contribution is -2.46. The summed E-state index contributed by atoms with van der Waals surface area (Å²) in [5.41, 5.74) is 1.93. The van der Waals surface area contributed by atoms with Crippen LogP contribution < -0.4 is 20.2 Å². The maximum Gasteiger partial charge on any atom is 0.350 e. The number of rotatable bonds is 12. The third-order valence-electron chi connectivity index (χ3n) is 9.96. The number of ether oxygens (including phenoxy) is 2. The molecule has 2 aromatic heterocycles. The standard InChI is InChI=1S/C37H42F2N8O4/c1-3-35(26(2)48)47-36(49)46(25-42-47)31-7-5-29(6-8-31)43-14-16-44(17-15-43)30-9-11-32(12-10-30)50-20-27-19-37(51-21-27,22-45-24-40-23-41-45)33-13-4-28(38)18-34(33)39/h4-13,18,23-27,35,48H,3,14-17,19-22H2,1-2H3/t26?,27-,35?,37+/m1/s1. The van der Waals surface area contributed by atoms with Crippen LogP contribution in [0, 0.1) is 17.6 Å². The van der Waals surface area contributed by atoms with Gasteiger partial charge in [-0.3, -0.25) is 0 Å². The minimum atomic E-state index is -1.02. The molecule has 0 amide bonds. The lowest BCUT2D eigenvalue weighted by atomic mass is 9.87. The Hall–Kier alpha value is -5.08. The highest BCUT2D eigenvalue weighted by Gasteiger charge is 2.44. The van der Waals surface area contributed by atoms with Crippen molar-refractivity contribution < 1.29 is 23.4 Å². The van der Waals surface area contributed by atoms with Crippen molar-refractivity contribution in [3.8, 4) is 11.4 Å². The Morgan fingerprint density at radius 2 is 1.61 bits per heavy atom. The van der Waals surface area contributed by atoms with E-state index < -0.39 is 23.3 Å². The minimum absolute atomic E-state index is 0.0121. The molecule has 51 heavy (non-hydrogen) atoms. The second-order valence-electron chi connectivity index (χ2n) is 13.3. The molecular weight excluding hydrogens is 658 g/mol. The third-order valence-corrected chi connectivity index (χ3v) is 9.96. The van der Waals surface area contributed by atoms with E-state index in [1.807, 2.05) is 43.3 Å². The number of hydrogen-bond acceptors (Lipinski definition) is 9. The van der Waals surface area contributed by atoms with Gasteiger partial charge in [-0.15, -0.1) is 0 Å². The monoisotopic (exact) mass is 700 g/mol. The fourth-order valence-corrected chi connectivity index (χ4v) is 7.24. The predicted molar refractivity (Wildman–Crippen MR) is 187 cm³/mol. The minimum Gasteiger partial charge on any atom is -0.493 e. The first-order valence-corrected chi connectivity index (χ1v) is 17.3. The summed E-state index contributed by atoms with van der Waals surface area (Å²) in [6.45, 7) is 7.97. The molecule has 1 N–H and O–H groups in total. The zero-order valence-electron chi connectivity index (χ0n) is 28.7. The summed E-state index contributed by atoms with van der Waals surface area (Å²) < 4.78 is 45.6. The van der Waals surface area contributed by atoms with E-state index in [0.717, 1.165) is 55.1 Å². The molecule has 0 bridgehead atoms. The van der Waals surface area contributed by atoms with Gasteiger partial charge in [0, 0.05) is 55.1 Å². The molecule has 2 fully saturated rings. The Bertz CT molecular complexity index is 1960. The number of aliphatic hydroxyl groups is 1. The van der Waals surface area contributed by atoms with Crippen molar-refractivity contribution in [1.82, 2.24) is 29.1 Å². The molecule has 7 rings (SSSR count). The molecule has 0 aliphatic carbocycles. The number of aromatic nitrogens is 6. The second-order valence-corrected chi connectivity index (χ2v) is 13.3. The van der Waals surface area contributed by atoms with E-state index in [1.165, 1.54) is 34.0 Å². The van der Waals surface area contributed by atoms with Crippen molar-refractivity contribution in [2.75, 3.05) is 49.2 Å². The van der Waals surface area contributed by atoms with Crippen molar-refractivity contribution in [1.29, 1.82) is 0 Å². The first-order valence-electron chi connectivity index (χ1n) is 17.3.